The quantitative estimate of drug-likeness (QED) is 0.745. The largest absolute Gasteiger partial charge is 0.354 e. The summed E-state index contributed by atoms with van der Waals surface area (Å²) in [5, 5.41) is 3.53. The molecule has 0 aromatic carbocycles. The number of nitrogens with zero attached hydrogens (tertiary/aromatic N) is 1. The molecule has 1 aliphatic heterocycles. The molecule has 2 heteroatoms. The molecule has 1 unspecified atom stereocenters. The van der Waals surface area contributed by atoms with Crippen LogP contribution in [0, 0.1) is 0 Å². The van der Waals surface area contributed by atoms with Crippen LogP contribution in [0.25, 0.3) is 0 Å². The van der Waals surface area contributed by atoms with Crippen LogP contribution in [0.3, 0.4) is 0 Å². The number of aromatic nitrogens is 1. The molecule has 1 saturated heterocycles. The molecule has 1 N–H and O–H groups in total. The van der Waals surface area contributed by atoms with Crippen LogP contribution in [-0.2, 0) is 13.5 Å². The number of rotatable bonds is 3. The van der Waals surface area contributed by atoms with Gasteiger partial charge < -0.3 is 9.88 Å². The second kappa shape index (κ2) is 3.97. The van der Waals surface area contributed by atoms with E-state index in [0.717, 1.165) is 6.04 Å². The first kappa shape index (κ1) is 8.82. The summed E-state index contributed by atoms with van der Waals surface area (Å²) in [5.74, 6) is 0. The number of hydrogen-bond donors (Lipinski definition) is 1. The van der Waals surface area contributed by atoms with Crippen molar-refractivity contribution in [3.63, 3.8) is 0 Å². The molecule has 0 radical (unpaired) electrons. The second-order valence-electron chi connectivity index (χ2n) is 3.94. The molecule has 1 aliphatic rings. The van der Waals surface area contributed by atoms with Crippen LogP contribution < -0.4 is 5.32 Å². The van der Waals surface area contributed by atoms with Crippen LogP contribution in [-0.4, -0.2) is 17.2 Å². The summed E-state index contributed by atoms with van der Waals surface area (Å²) in [6.07, 6.45) is 7.35. The standard InChI is InChI=1S/C11H18N2/c1-13-9-3-5-11(13)7-6-10-4-2-8-12-10/h3,5,9-10,12H,2,4,6-8H2,1H3. The van der Waals surface area contributed by atoms with Crippen LogP contribution in [0.1, 0.15) is 25.0 Å². The Balaban J connectivity index is 1.82. The molecule has 1 fully saturated rings. The van der Waals surface area contributed by atoms with E-state index < -0.39 is 0 Å². The Hall–Kier alpha value is -0.760. The van der Waals surface area contributed by atoms with Gasteiger partial charge in [-0.2, -0.15) is 0 Å². The molecular formula is C11H18N2. The molecule has 0 spiro atoms. The van der Waals surface area contributed by atoms with E-state index in [1.54, 1.807) is 0 Å². The van der Waals surface area contributed by atoms with Crippen molar-refractivity contribution < 1.29 is 0 Å². The molecule has 1 aromatic rings. The summed E-state index contributed by atoms with van der Waals surface area (Å²) in [6, 6.07) is 5.11. The highest BCUT2D eigenvalue weighted by Gasteiger charge is 2.13. The Morgan fingerprint density at radius 3 is 3.15 bits per heavy atom. The van der Waals surface area contributed by atoms with Crippen LogP contribution in [0.5, 0.6) is 0 Å². The average molecular weight is 178 g/mol. The molecule has 2 rings (SSSR count). The minimum Gasteiger partial charge on any atom is -0.354 e. The van der Waals surface area contributed by atoms with Crippen LogP contribution in [0.15, 0.2) is 18.3 Å². The first-order chi connectivity index (χ1) is 6.36. The third-order valence-corrected chi connectivity index (χ3v) is 2.96. The van der Waals surface area contributed by atoms with Gasteiger partial charge in [-0.15, -0.1) is 0 Å². The maximum atomic E-state index is 3.53. The maximum absolute atomic E-state index is 3.53. The van der Waals surface area contributed by atoms with Gasteiger partial charge in [-0.3, -0.25) is 0 Å². The topological polar surface area (TPSA) is 17.0 Å². The number of nitrogens with one attached hydrogen (secondary N) is 1. The molecule has 1 atom stereocenters. The lowest BCUT2D eigenvalue weighted by Crippen LogP contribution is -2.21. The fourth-order valence-corrected chi connectivity index (χ4v) is 2.08. The smallest absolute Gasteiger partial charge is 0.0172 e. The SMILES string of the molecule is Cn1cccc1CCC1CCCN1. The van der Waals surface area contributed by atoms with Gasteiger partial charge in [0.15, 0.2) is 0 Å². The lowest BCUT2D eigenvalue weighted by molar-refractivity contribution is 0.550. The van der Waals surface area contributed by atoms with E-state index in [-0.39, 0.29) is 0 Å². The van der Waals surface area contributed by atoms with Gasteiger partial charge in [0.2, 0.25) is 0 Å². The molecule has 1 aromatic heterocycles. The molecule has 0 amide bonds. The molecule has 2 heterocycles. The van der Waals surface area contributed by atoms with Gasteiger partial charge in [-0.05, 0) is 44.4 Å². The molecule has 0 bridgehead atoms. The minimum atomic E-state index is 0.773. The minimum absolute atomic E-state index is 0.773. The zero-order valence-corrected chi connectivity index (χ0v) is 8.29. The van der Waals surface area contributed by atoms with Crippen LogP contribution >= 0.6 is 0 Å². The average Bonchev–Trinajstić information content (AvgIpc) is 2.72. The summed E-state index contributed by atoms with van der Waals surface area (Å²) >= 11 is 0. The zero-order chi connectivity index (χ0) is 9.10. The highest BCUT2D eigenvalue weighted by Crippen LogP contribution is 2.12. The summed E-state index contributed by atoms with van der Waals surface area (Å²) in [6.45, 7) is 1.22. The monoisotopic (exact) mass is 178 g/mol. The van der Waals surface area contributed by atoms with Crippen molar-refractivity contribution in [3.05, 3.63) is 24.0 Å². The highest BCUT2D eigenvalue weighted by atomic mass is 14.9. The predicted molar refractivity (Wildman–Crippen MR) is 54.8 cm³/mol. The Morgan fingerprint density at radius 1 is 1.62 bits per heavy atom. The van der Waals surface area contributed by atoms with E-state index in [4.69, 9.17) is 0 Å². The van der Waals surface area contributed by atoms with Gasteiger partial charge in [-0.1, -0.05) is 0 Å². The van der Waals surface area contributed by atoms with E-state index in [1.807, 2.05) is 0 Å². The summed E-state index contributed by atoms with van der Waals surface area (Å²) in [5.41, 5.74) is 1.45. The summed E-state index contributed by atoms with van der Waals surface area (Å²) in [4.78, 5) is 0. The van der Waals surface area contributed by atoms with Crippen molar-refractivity contribution in [2.45, 2.75) is 31.7 Å². The molecule has 72 valence electrons. The van der Waals surface area contributed by atoms with Crippen molar-refractivity contribution in [1.29, 1.82) is 0 Å². The number of hydrogen-bond acceptors (Lipinski definition) is 1. The Bertz CT molecular complexity index is 259. The predicted octanol–water partition coefficient (Wildman–Crippen LogP) is 1.71. The molecule has 13 heavy (non-hydrogen) atoms. The Labute approximate surface area is 79.9 Å². The Kier molecular flexibility index (Phi) is 2.69. The molecule has 2 nitrogen and oxygen atoms in total. The summed E-state index contributed by atoms with van der Waals surface area (Å²) in [7, 11) is 2.12. The third kappa shape index (κ3) is 2.13. The molecule has 0 saturated carbocycles. The van der Waals surface area contributed by atoms with Crippen molar-refractivity contribution in [2.24, 2.45) is 7.05 Å². The van der Waals surface area contributed by atoms with Crippen molar-refractivity contribution in [3.8, 4) is 0 Å². The van der Waals surface area contributed by atoms with Gasteiger partial charge in [0.1, 0.15) is 0 Å². The van der Waals surface area contributed by atoms with Crippen LogP contribution in [0.2, 0.25) is 0 Å². The van der Waals surface area contributed by atoms with E-state index in [0.29, 0.717) is 0 Å². The van der Waals surface area contributed by atoms with E-state index in [1.165, 1.54) is 37.9 Å². The van der Waals surface area contributed by atoms with Gasteiger partial charge in [0.25, 0.3) is 0 Å². The first-order valence-corrected chi connectivity index (χ1v) is 5.20. The number of aryl methyl sites for hydroxylation is 2. The van der Waals surface area contributed by atoms with E-state index >= 15 is 0 Å². The second-order valence-corrected chi connectivity index (χ2v) is 3.94. The molecule has 0 aliphatic carbocycles. The third-order valence-electron chi connectivity index (χ3n) is 2.96. The van der Waals surface area contributed by atoms with Gasteiger partial charge in [-0.25, -0.2) is 0 Å². The fraction of sp³-hybridized carbons (Fsp3) is 0.636. The lowest BCUT2D eigenvalue weighted by Gasteiger charge is -2.09. The maximum Gasteiger partial charge on any atom is 0.0172 e. The summed E-state index contributed by atoms with van der Waals surface area (Å²) < 4.78 is 2.22. The van der Waals surface area contributed by atoms with Crippen molar-refractivity contribution >= 4 is 0 Å². The zero-order valence-electron chi connectivity index (χ0n) is 8.29. The normalized spacial score (nSPS) is 22.4. The van der Waals surface area contributed by atoms with Crippen molar-refractivity contribution in [1.82, 2.24) is 9.88 Å². The van der Waals surface area contributed by atoms with Gasteiger partial charge in [0.05, 0.1) is 0 Å². The van der Waals surface area contributed by atoms with Gasteiger partial charge >= 0.3 is 0 Å². The fourth-order valence-electron chi connectivity index (χ4n) is 2.08. The van der Waals surface area contributed by atoms with Crippen LogP contribution in [0.4, 0.5) is 0 Å². The Morgan fingerprint density at radius 2 is 2.54 bits per heavy atom. The molecular weight excluding hydrogens is 160 g/mol. The van der Waals surface area contributed by atoms with Gasteiger partial charge in [0, 0.05) is 25.0 Å². The lowest BCUT2D eigenvalue weighted by atomic mass is 10.1. The van der Waals surface area contributed by atoms with E-state index in [2.05, 4.69) is 35.3 Å². The highest BCUT2D eigenvalue weighted by molar-refractivity contribution is 5.06. The van der Waals surface area contributed by atoms with Crippen molar-refractivity contribution in [2.75, 3.05) is 6.54 Å². The van der Waals surface area contributed by atoms with E-state index in [9.17, 15) is 0 Å². The first-order valence-electron chi connectivity index (χ1n) is 5.20.